The van der Waals surface area contributed by atoms with E-state index in [1.807, 2.05) is 51.1 Å². The number of amides is 1. The third kappa shape index (κ3) is 7.44. The molecule has 26 heavy (non-hydrogen) atoms. The van der Waals surface area contributed by atoms with E-state index in [0.29, 0.717) is 32.7 Å². The number of carbonyl (C=O) groups is 2. The number of carbonyl (C=O) groups excluding carboxylic acids is 2. The maximum Gasteiger partial charge on any atom is 0.410 e. The molecule has 0 spiro atoms. The van der Waals surface area contributed by atoms with E-state index in [4.69, 9.17) is 9.47 Å². The van der Waals surface area contributed by atoms with Gasteiger partial charge in [0.25, 0.3) is 0 Å². The zero-order valence-electron chi connectivity index (χ0n) is 16.0. The standard InChI is InChI=1S/C20H30N2O4/c1-20(2,3)26-19(24)22-13-7-10-17(14-22)21-12-11-18(23)25-15-16-8-5-4-6-9-16/h4-6,8-9,17,21H,7,10-15H2,1-3H3. The highest BCUT2D eigenvalue weighted by Gasteiger charge is 2.27. The second-order valence-corrected chi connectivity index (χ2v) is 7.62. The number of esters is 1. The number of likely N-dealkylation sites (tertiary alicyclic amines) is 1. The Kier molecular flexibility index (Phi) is 7.45. The van der Waals surface area contributed by atoms with Gasteiger partial charge in [0, 0.05) is 25.7 Å². The second kappa shape index (κ2) is 9.57. The summed E-state index contributed by atoms with van der Waals surface area (Å²) < 4.78 is 10.7. The fraction of sp³-hybridized carbons (Fsp3) is 0.600. The zero-order valence-corrected chi connectivity index (χ0v) is 16.0. The number of hydrogen-bond donors (Lipinski definition) is 1. The summed E-state index contributed by atoms with van der Waals surface area (Å²) in [5.74, 6) is -0.221. The third-order valence-corrected chi connectivity index (χ3v) is 4.08. The Morgan fingerprint density at radius 3 is 2.65 bits per heavy atom. The average molecular weight is 362 g/mol. The average Bonchev–Trinajstić information content (AvgIpc) is 2.60. The molecule has 1 saturated heterocycles. The summed E-state index contributed by atoms with van der Waals surface area (Å²) in [6.45, 7) is 7.76. The van der Waals surface area contributed by atoms with Crippen molar-refractivity contribution in [1.29, 1.82) is 0 Å². The summed E-state index contributed by atoms with van der Waals surface area (Å²) in [5, 5.41) is 3.35. The number of benzene rings is 1. The van der Waals surface area contributed by atoms with Gasteiger partial charge in [0.15, 0.2) is 0 Å². The smallest absolute Gasteiger partial charge is 0.410 e. The van der Waals surface area contributed by atoms with Crippen molar-refractivity contribution in [2.75, 3.05) is 19.6 Å². The van der Waals surface area contributed by atoms with Crippen LogP contribution in [0.3, 0.4) is 0 Å². The maximum absolute atomic E-state index is 12.2. The van der Waals surface area contributed by atoms with Crippen LogP contribution >= 0.6 is 0 Å². The summed E-state index contributed by atoms with van der Waals surface area (Å²) in [5.41, 5.74) is 0.494. The summed E-state index contributed by atoms with van der Waals surface area (Å²) in [4.78, 5) is 25.7. The van der Waals surface area contributed by atoms with Crippen LogP contribution in [0.25, 0.3) is 0 Å². The molecule has 0 aliphatic carbocycles. The molecular formula is C20H30N2O4. The van der Waals surface area contributed by atoms with Gasteiger partial charge in [0.05, 0.1) is 6.42 Å². The molecule has 0 bridgehead atoms. The van der Waals surface area contributed by atoms with E-state index in [1.54, 1.807) is 4.90 Å². The van der Waals surface area contributed by atoms with E-state index in [9.17, 15) is 9.59 Å². The van der Waals surface area contributed by atoms with Crippen molar-refractivity contribution >= 4 is 12.1 Å². The lowest BCUT2D eigenvalue weighted by Crippen LogP contribution is -2.49. The number of ether oxygens (including phenoxy) is 2. The first-order chi connectivity index (χ1) is 12.3. The van der Waals surface area contributed by atoms with Crippen LogP contribution in [0.2, 0.25) is 0 Å². The Morgan fingerprint density at radius 1 is 1.23 bits per heavy atom. The normalized spacial score (nSPS) is 17.7. The molecule has 6 heteroatoms. The highest BCUT2D eigenvalue weighted by atomic mass is 16.6. The van der Waals surface area contributed by atoms with E-state index in [1.165, 1.54) is 0 Å². The van der Waals surface area contributed by atoms with Crippen LogP contribution in [-0.4, -0.2) is 48.2 Å². The van der Waals surface area contributed by atoms with Gasteiger partial charge in [-0.15, -0.1) is 0 Å². The van der Waals surface area contributed by atoms with Gasteiger partial charge in [-0.1, -0.05) is 30.3 Å². The van der Waals surface area contributed by atoms with Crippen molar-refractivity contribution in [1.82, 2.24) is 10.2 Å². The Labute approximate surface area is 155 Å². The first kappa shape index (κ1) is 20.2. The van der Waals surface area contributed by atoms with Crippen molar-refractivity contribution in [3.05, 3.63) is 35.9 Å². The summed E-state index contributed by atoms with van der Waals surface area (Å²) >= 11 is 0. The number of nitrogens with zero attached hydrogens (tertiary/aromatic N) is 1. The molecule has 1 unspecified atom stereocenters. The van der Waals surface area contributed by atoms with Crippen molar-refractivity contribution in [2.24, 2.45) is 0 Å². The van der Waals surface area contributed by atoms with E-state index in [0.717, 1.165) is 18.4 Å². The van der Waals surface area contributed by atoms with Crippen molar-refractivity contribution in [3.63, 3.8) is 0 Å². The molecule has 1 aliphatic rings. The number of hydrogen-bond acceptors (Lipinski definition) is 5. The van der Waals surface area contributed by atoms with Crippen molar-refractivity contribution in [2.45, 2.75) is 58.3 Å². The molecule has 1 aromatic carbocycles. The minimum absolute atomic E-state index is 0.179. The number of nitrogens with one attached hydrogen (secondary N) is 1. The van der Waals surface area contributed by atoms with Gasteiger partial charge in [-0.05, 0) is 39.2 Å². The fourth-order valence-electron chi connectivity index (χ4n) is 2.82. The Hall–Kier alpha value is -2.08. The summed E-state index contributed by atoms with van der Waals surface area (Å²) in [6, 6.07) is 9.81. The molecule has 0 saturated carbocycles. The molecule has 144 valence electrons. The monoisotopic (exact) mass is 362 g/mol. The lowest BCUT2D eigenvalue weighted by Gasteiger charge is -2.34. The van der Waals surface area contributed by atoms with Crippen LogP contribution < -0.4 is 5.32 Å². The van der Waals surface area contributed by atoms with Gasteiger partial charge in [0.2, 0.25) is 0 Å². The van der Waals surface area contributed by atoms with Gasteiger partial charge in [-0.3, -0.25) is 4.79 Å². The molecule has 1 N–H and O–H groups in total. The maximum atomic E-state index is 12.2. The molecular weight excluding hydrogens is 332 g/mol. The number of rotatable bonds is 6. The Morgan fingerprint density at radius 2 is 1.96 bits per heavy atom. The van der Waals surface area contributed by atoms with Crippen LogP contribution in [-0.2, 0) is 20.9 Å². The zero-order chi connectivity index (χ0) is 19.0. The fourth-order valence-corrected chi connectivity index (χ4v) is 2.82. The predicted octanol–water partition coefficient (Wildman–Crippen LogP) is 3.11. The van der Waals surface area contributed by atoms with Crippen LogP contribution in [0, 0.1) is 0 Å². The Balaban J connectivity index is 1.65. The molecule has 1 atom stereocenters. The minimum atomic E-state index is -0.486. The molecule has 6 nitrogen and oxygen atoms in total. The molecule has 1 heterocycles. The predicted molar refractivity (Wildman–Crippen MR) is 99.7 cm³/mol. The van der Waals surface area contributed by atoms with Crippen LogP contribution in [0.15, 0.2) is 30.3 Å². The van der Waals surface area contributed by atoms with Gasteiger partial charge in [-0.2, -0.15) is 0 Å². The van der Waals surface area contributed by atoms with E-state index < -0.39 is 5.60 Å². The molecule has 0 aromatic heterocycles. The van der Waals surface area contributed by atoms with E-state index >= 15 is 0 Å². The molecule has 2 rings (SSSR count). The lowest BCUT2D eigenvalue weighted by atomic mass is 10.1. The van der Waals surface area contributed by atoms with Crippen molar-refractivity contribution in [3.8, 4) is 0 Å². The highest BCUT2D eigenvalue weighted by molar-refractivity contribution is 5.69. The first-order valence-electron chi connectivity index (χ1n) is 9.24. The van der Waals surface area contributed by atoms with Gasteiger partial charge >= 0.3 is 12.1 Å². The van der Waals surface area contributed by atoms with E-state index in [2.05, 4.69) is 5.32 Å². The first-order valence-corrected chi connectivity index (χ1v) is 9.24. The lowest BCUT2D eigenvalue weighted by molar-refractivity contribution is -0.144. The second-order valence-electron chi connectivity index (χ2n) is 7.62. The van der Waals surface area contributed by atoms with Crippen molar-refractivity contribution < 1.29 is 19.1 Å². The van der Waals surface area contributed by atoms with E-state index in [-0.39, 0.29) is 18.1 Å². The SMILES string of the molecule is CC(C)(C)OC(=O)N1CCCC(NCCC(=O)OCc2ccccc2)C1. The summed E-state index contributed by atoms with van der Waals surface area (Å²) in [7, 11) is 0. The van der Waals surface area contributed by atoms with Gasteiger partial charge in [-0.25, -0.2) is 4.79 Å². The minimum Gasteiger partial charge on any atom is -0.461 e. The topological polar surface area (TPSA) is 67.9 Å². The summed E-state index contributed by atoms with van der Waals surface area (Å²) in [6.07, 6.45) is 1.95. The Bertz CT molecular complexity index is 583. The molecule has 1 aromatic rings. The third-order valence-electron chi connectivity index (χ3n) is 4.08. The van der Waals surface area contributed by atoms with Crippen LogP contribution in [0.4, 0.5) is 4.79 Å². The van der Waals surface area contributed by atoms with Crippen LogP contribution in [0.5, 0.6) is 0 Å². The van der Waals surface area contributed by atoms with Crippen LogP contribution in [0.1, 0.15) is 45.6 Å². The van der Waals surface area contributed by atoms with Gasteiger partial charge < -0.3 is 19.7 Å². The molecule has 0 radical (unpaired) electrons. The highest BCUT2D eigenvalue weighted by Crippen LogP contribution is 2.15. The number of piperidine rings is 1. The molecule has 1 aliphatic heterocycles. The van der Waals surface area contributed by atoms with Gasteiger partial charge in [0.1, 0.15) is 12.2 Å². The molecule has 1 amide bonds. The molecule has 1 fully saturated rings. The quantitative estimate of drug-likeness (QED) is 0.788. The largest absolute Gasteiger partial charge is 0.461 e.